The second-order valence-electron chi connectivity index (χ2n) is 11.4. The van der Waals surface area contributed by atoms with Gasteiger partial charge in [-0.25, -0.2) is 22.0 Å². The molecule has 0 heterocycles. The minimum Gasteiger partial charge on any atom is -0.541 e. The van der Waals surface area contributed by atoms with Gasteiger partial charge in [0.2, 0.25) is 5.82 Å². The average Bonchev–Trinajstić information content (AvgIpc) is 2.91. The predicted octanol–water partition coefficient (Wildman–Crippen LogP) is 11.7. The SMILES string of the molecule is CCCCCCCCC[Si](CC[Si](CC)(CC)CC)(Oc1c(F)c(F)c(F)c2c(F)cc(F)c(F)c12)C(C)C. The van der Waals surface area contributed by atoms with Crippen LogP contribution in [0.25, 0.3) is 10.8 Å². The van der Waals surface area contributed by atoms with E-state index in [9.17, 15) is 17.6 Å². The van der Waals surface area contributed by atoms with Crippen LogP contribution in [0.5, 0.6) is 5.75 Å². The van der Waals surface area contributed by atoms with Gasteiger partial charge >= 0.3 is 0 Å². The number of benzene rings is 2. The summed E-state index contributed by atoms with van der Waals surface area (Å²) in [7, 11) is -4.64. The van der Waals surface area contributed by atoms with Crippen molar-refractivity contribution >= 4 is 27.2 Å². The zero-order chi connectivity index (χ0) is 29.4. The largest absolute Gasteiger partial charge is 0.541 e. The van der Waals surface area contributed by atoms with Gasteiger partial charge in [-0.1, -0.05) is 111 Å². The van der Waals surface area contributed by atoms with Crippen LogP contribution < -0.4 is 4.43 Å². The molecular weight excluding hydrogens is 546 g/mol. The number of rotatable bonds is 17. The Bertz CT molecular complexity index is 1080. The van der Waals surface area contributed by atoms with Crippen molar-refractivity contribution in [3.05, 3.63) is 41.0 Å². The third kappa shape index (κ3) is 7.63. The molecular formula is C30H46F6OSi2. The van der Waals surface area contributed by atoms with E-state index >= 15 is 8.78 Å². The minimum absolute atomic E-state index is 0.0705. The lowest BCUT2D eigenvalue weighted by Crippen LogP contribution is -2.47. The van der Waals surface area contributed by atoms with Gasteiger partial charge in [-0.15, -0.1) is 0 Å². The second-order valence-corrected chi connectivity index (χ2v) is 21.5. The molecule has 2 aromatic rings. The molecule has 0 amide bonds. The Balaban J connectivity index is 2.61. The van der Waals surface area contributed by atoms with E-state index in [-0.39, 0.29) is 11.6 Å². The maximum atomic E-state index is 15.3. The Morgan fingerprint density at radius 3 is 1.72 bits per heavy atom. The molecule has 0 saturated heterocycles. The normalized spacial score (nSPS) is 13.9. The molecule has 0 radical (unpaired) electrons. The summed E-state index contributed by atoms with van der Waals surface area (Å²) < 4.78 is 95.0. The summed E-state index contributed by atoms with van der Waals surface area (Å²) in [4.78, 5) is 0. The number of hydrogen-bond acceptors (Lipinski definition) is 1. The molecule has 0 fully saturated rings. The summed E-state index contributed by atoms with van der Waals surface area (Å²) in [5, 5.41) is -2.12. The quantitative estimate of drug-likeness (QED) is 0.0584. The summed E-state index contributed by atoms with van der Waals surface area (Å²) in [5.41, 5.74) is -0.0705. The number of fused-ring (bicyclic) bond motifs is 1. The third-order valence-corrected chi connectivity index (χ3v) is 20.4. The summed E-state index contributed by atoms with van der Waals surface area (Å²) in [6.45, 7) is 12.7. The molecule has 0 aliphatic carbocycles. The fourth-order valence-electron chi connectivity index (χ4n) is 5.80. The lowest BCUT2D eigenvalue weighted by Gasteiger charge is -2.39. The molecule has 9 heteroatoms. The number of halogens is 6. The summed E-state index contributed by atoms with van der Waals surface area (Å²) in [6, 6.07) is 5.58. The maximum Gasteiger partial charge on any atom is 0.253 e. The summed E-state index contributed by atoms with van der Waals surface area (Å²) in [5.74, 6) is -11.2. The highest BCUT2D eigenvalue weighted by molar-refractivity contribution is 6.83. The Morgan fingerprint density at radius 2 is 1.18 bits per heavy atom. The van der Waals surface area contributed by atoms with Gasteiger partial charge in [0.05, 0.1) is 18.8 Å². The lowest BCUT2D eigenvalue weighted by molar-refractivity contribution is 0.408. The molecule has 222 valence electrons. The topological polar surface area (TPSA) is 9.23 Å². The van der Waals surface area contributed by atoms with Crippen LogP contribution in [0.15, 0.2) is 6.07 Å². The molecule has 1 nitrogen and oxygen atoms in total. The van der Waals surface area contributed by atoms with Gasteiger partial charge in [0.25, 0.3) is 8.32 Å². The first kappa shape index (κ1) is 33.7. The molecule has 0 saturated carbocycles. The van der Waals surface area contributed by atoms with Crippen LogP contribution >= 0.6 is 0 Å². The van der Waals surface area contributed by atoms with Crippen LogP contribution in [0.1, 0.15) is 86.5 Å². The number of unbranched alkanes of at least 4 members (excludes halogenated alkanes) is 6. The van der Waals surface area contributed by atoms with Gasteiger partial charge in [0.15, 0.2) is 29.0 Å². The van der Waals surface area contributed by atoms with Gasteiger partial charge in [-0.3, -0.25) is 0 Å². The van der Waals surface area contributed by atoms with Gasteiger partial charge < -0.3 is 4.43 Å². The van der Waals surface area contributed by atoms with Crippen molar-refractivity contribution < 1.29 is 30.8 Å². The zero-order valence-electron chi connectivity index (χ0n) is 24.5. The van der Waals surface area contributed by atoms with E-state index in [2.05, 4.69) is 27.7 Å². The smallest absolute Gasteiger partial charge is 0.253 e. The molecule has 0 spiro atoms. The molecule has 1 unspecified atom stereocenters. The summed E-state index contributed by atoms with van der Waals surface area (Å²) >= 11 is 0. The molecule has 2 aromatic carbocycles. The first-order valence-corrected chi connectivity index (χ1v) is 20.0. The average molecular weight is 593 g/mol. The molecule has 0 aliphatic rings. The van der Waals surface area contributed by atoms with Crippen molar-refractivity contribution in [1.82, 2.24) is 0 Å². The van der Waals surface area contributed by atoms with Crippen LogP contribution in [0.4, 0.5) is 26.3 Å². The van der Waals surface area contributed by atoms with Gasteiger partial charge in [0, 0.05) is 6.07 Å². The van der Waals surface area contributed by atoms with E-state index < -0.39 is 67.8 Å². The lowest BCUT2D eigenvalue weighted by atomic mass is 10.1. The van der Waals surface area contributed by atoms with Crippen LogP contribution in [0.2, 0.25) is 41.8 Å². The molecule has 0 aromatic heterocycles. The van der Waals surface area contributed by atoms with E-state index in [1.807, 2.05) is 13.8 Å². The zero-order valence-corrected chi connectivity index (χ0v) is 26.5. The fraction of sp³-hybridized carbons (Fsp3) is 0.667. The Morgan fingerprint density at radius 1 is 0.615 bits per heavy atom. The van der Waals surface area contributed by atoms with Crippen molar-refractivity contribution in [2.45, 2.75) is 128 Å². The van der Waals surface area contributed by atoms with Crippen LogP contribution in [0.3, 0.4) is 0 Å². The third-order valence-electron chi connectivity index (χ3n) is 9.09. The van der Waals surface area contributed by atoms with E-state index in [4.69, 9.17) is 4.43 Å². The molecule has 2 rings (SSSR count). The van der Waals surface area contributed by atoms with Crippen molar-refractivity contribution in [1.29, 1.82) is 0 Å². The standard InChI is InChI=1S/C30H46F6OSi2/c1-7-11-12-13-14-15-16-17-39(21(5)6,19-18-38(8-2,9-3)10-4)37-30-25-24(27(34)28(35)29(30)36)22(31)20-23(32)26(25)33/h20-21H,7-19H2,1-6H3. The van der Waals surface area contributed by atoms with Crippen molar-refractivity contribution in [3.63, 3.8) is 0 Å². The van der Waals surface area contributed by atoms with Crippen LogP contribution in [-0.2, 0) is 0 Å². The van der Waals surface area contributed by atoms with Crippen molar-refractivity contribution in [2.75, 3.05) is 0 Å². The Kier molecular flexibility index (Phi) is 12.9. The van der Waals surface area contributed by atoms with Crippen molar-refractivity contribution in [2.24, 2.45) is 0 Å². The highest BCUT2D eigenvalue weighted by atomic mass is 28.4. The van der Waals surface area contributed by atoms with Crippen LogP contribution in [0, 0.1) is 34.9 Å². The highest BCUT2D eigenvalue weighted by Crippen LogP contribution is 2.44. The van der Waals surface area contributed by atoms with E-state index in [0.29, 0.717) is 12.1 Å². The van der Waals surface area contributed by atoms with Gasteiger partial charge in [-0.05, 0) is 17.6 Å². The minimum atomic E-state index is -3.00. The van der Waals surface area contributed by atoms with E-state index in [1.165, 1.54) is 12.8 Å². The summed E-state index contributed by atoms with van der Waals surface area (Å²) in [6.07, 6.45) is 7.44. The predicted molar refractivity (Wildman–Crippen MR) is 155 cm³/mol. The van der Waals surface area contributed by atoms with Crippen LogP contribution in [-0.4, -0.2) is 16.4 Å². The molecule has 0 bridgehead atoms. The molecule has 1 atom stereocenters. The maximum absolute atomic E-state index is 15.3. The Labute approximate surface area is 232 Å². The molecule has 0 N–H and O–H groups in total. The number of hydrogen-bond donors (Lipinski definition) is 0. The molecule has 39 heavy (non-hydrogen) atoms. The van der Waals surface area contributed by atoms with E-state index in [0.717, 1.165) is 56.3 Å². The fourth-order valence-corrected chi connectivity index (χ4v) is 15.5. The van der Waals surface area contributed by atoms with Gasteiger partial charge in [-0.2, -0.15) is 4.39 Å². The van der Waals surface area contributed by atoms with E-state index in [1.54, 1.807) is 0 Å². The van der Waals surface area contributed by atoms with Crippen molar-refractivity contribution in [3.8, 4) is 5.75 Å². The second kappa shape index (κ2) is 14.9. The monoisotopic (exact) mass is 592 g/mol. The molecule has 0 aliphatic heterocycles. The first-order valence-electron chi connectivity index (χ1n) is 14.8. The first-order chi connectivity index (χ1) is 18.4. The highest BCUT2D eigenvalue weighted by Gasteiger charge is 2.44. The Hall–Kier alpha value is -1.49. The van der Waals surface area contributed by atoms with Gasteiger partial charge in [0.1, 0.15) is 5.82 Å².